The molecule has 0 aliphatic heterocycles. The van der Waals surface area contributed by atoms with Crippen molar-refractivity contribution in [3.05, 3.63) is 77.9 Å². The molecule has 4 aromatic rings. The number of aromatic nitrogens is 1. The highest BCUT2D eigenvalue weighted by atomic mass is 16.5. The van der Waals surface area contributed by atoms with Crippen molar-refractivity contribution in [2.75, 3.05) is 11.9 Å². The molecule has 0 saturated carbocycles. The van der Waals surface area contributed by atoms with Gasteiger partial charge in [0, 0.05) is 16.8 Å². The van der Waals surface area contributed by atoms with Crippen molar-refractivity contribution in [3.8, 4) is 17.2 Å². The Morgan fingerprint density at radius 1 is 1.07 bits per heavy atom. The minimum absolute atomic E-state index is 0.200. The van der Waals surface area contributed by atoms with Gasteiger partial charge in [-0.25, -0.2) is 4.98 Å². The van der Waals surface area contributed by atoms with Crippen LogP contribution in [0.1, 0.15) is 29.3 Å². The molecule has 146 valence electrons. The molecular weight excluding hydrogens is 364 g/mol. The number of nitrogens with one attached hydrogen (secondary N) is 1. The minimum Gasteiger partial charge on any atom is -0.494 e. The Bertz CT molecular complexity index is 1160. The lowest BCUT2D eigenvalue weighted by molar-refractivity contribution is 0.102. The summed E-state index contributed by atoms with van der Waals surface area (Å²) in [7, 11) is 0. The van der Waals surface area contributed by atoms with Gasteiger partial charge in [-0.3, -0.25) is 4.79 Å². The van der Waals surface area contributed by atoms with Crippen LogP contribution in [-0.4, -0.2) is 17.5 Å². The SMILES string of the molecule is CCCOc1cccc(C(=O)Nc2ccc3oc(-c4ccccc4C)nc3c2)c1. The van der Waals surface area contributed by atoms with Gasteiger partial charge < -0.3 is 14.5 Å². The molecule has 5 heteroatoms. The van der Waals surface area contributed by atoms with E-state index in [0.717, 1.165) is 17.5 Å². The fourth-order valence-corrected chi connectivity index (χ4v) is 3.08. The van der Waals surface area contributed by atoms with Crippen LogP contribution in [0.4, 0.5) is 5.69 Å². The summed E-state index contributed by atoms with van der Waals surface area (Å²) < 4.78 is 11.5. The Balaban J connectivity index is 1.56. The third-order valence-corrected chi connectivity index (χ3v) is 4.59. The molecule has 5 nitrogen and oxygen atoms in total. The molecule has 1 amide bonds. The number of oxazole rings is 1. The van der Waals surface area contributed by atoms with Crippen molar-refractivity contribution in [2.24, 2.45) is 0 Å². The molecule has 1 heterocycles. The molecule has 29 heavy (non-hydrogen) atoms. The first-order valence-electron chi connectivity index (χ1n) is 9.65. The maximum absolute atomic E-state index is 12.6. The van der Waals surface area contributed by atoms with Crippen molar-refractivity contribution in [2.45, 2.75) is 20.3 Å². The monoisotopic (exact) mass is 386 g/mol. The van der Waals surface area contributed by atoms with Crippen LogP contribution in [0.3, 0.4) is 0 Å². The molecule has 0 atom stereocenters. The predicted octanol–water partition coefficient (Wildman–Crippen LogP) is 5.84. The zero-order valence-corrected chi connectivity index (χ0v) is 16.4. The van der Waals surface area contributed by atoms with E-state index in [4.69, 9.17) is 9.15 Å². The molecule has 0 bridgehead atoms. The second kappa shape index (κ2) is 8.19. The van der Waals surface area contributed by atoms with E-state index in [1.807, 2.05) is 68.4 Å². The smallest absolute Gasteiger partial charge is 0.255 e. The van der Waals surface area contributed by atoms with Crippen LogP contribution in [0.2, 0.25) is 0 Å². The number of hydrogen-bond acceptors (Lipinski definition) is 4. The summed E-state index contributed by atoms with van der Waals surface area (Å²) in [4.78, 5) is 17.2. The van der Waals surface area contributed by atoms with Gasteiger partial charge in [-0.15, -0.1) is 0 Å². The number of rotatable bonds is 6. The number of anilines is 1. The summed E-state index contributed by atoms with van der Waals surface area (Å²) in [6.45, 7) is 4.69. The van der Waals surface area contributed by atoms with E-state index in [1.165, 1.54) is 0 Å². The van der Waals surface area contributed by atoms with Crippen LogP contribution in [0.5, 0.6) is 5.75 Å². The fourth-order valence-electron chi connectivity index (χ4n) is 3.08. The average molecular weight is 386 g/mol. The molecule has 1 N–H and O–H groups in total. The van der Waals surface area contributed by atoms with Gasteiger partial charge in [0.05, 0.1) is 6.61 Å². The third-order valence-electron chi connectivity index (χ3n) is 4.59. The number of benzene rings is 3. The van der Waals surface area contributed by atoms with Crippen molar-refractivity contribution in [1.29, 1.82) is 0 Å². The van der Waals surface area contributed by atoms with E-state index in [-0.39, 0.29) is 5.91 Å². The Morgan fingerprint density at radius 3 is 2.76 bits per heavy atom. The molecule has 3 aromatic carbocycles. The molecule has 0 aliphatic rings. The van der Waals surface area contributed by atoms with E-state index < -0.39 is 0 Å². The summed E-state index contributed by atoms with van der Waals surface area (Å²) in [6.07, 6.45) is 0.915. The van der Waals surface area contributed by atoms with Gasteiger partial charge in [-0.1, -0.05) is 31.2 Å². The molecule has 1 aromatic heterocycles. The molecular formula is C24H22N2O3. The van der Waals surface area contributed by atoms with Crippen molar-refractivity contribution in [3.63, 3.8) is 0 Å². The Labute approximate surface area is 169 Å². The second-order valence-corrected chi connectivity index (χ2v) is 6.85. The van der Waals surface area contributed by atoms with Crippen LogP contribution >= 0.6 is 0 Å². The first-order valence-corrected chi connectivity index (χ1v) is 9.65. The zero-order chi connectivity index (χ0) is 20.2. The lowest BCUT2D eigenvalue weighted by atomic mass is 10.1. The van der Waals surface area contributed by atoms with Crippen molar-refractivity contribution < 1.29 is 13.9 Å². The van der Waals surface area contributed by atoms with Crippen LogP contribution < -0.4 is 10.1 Å². The Hall–Kier alpha value is -3.60. The highest BCUT2D eigenvalue weighted by Gasteiger charge is 2.12. The summed E-state index contributed by atoms with van der Waals surface area (Å²) in [5, 5.41) is 2.92. The lowest BCUT2D eigenvalue weighted by Crippen LogP contribution is -2.12. The predicted molar refractivity (Wildman–Crippen MR) is 114 cm³/mol. The summed E-state index contributed by atoms with van der Waals surface area (Å²) in [5.41, 5.74) is 4.62. The van der Waals surface area contributed by atoms with E-state index >= 15 is 0 Å². The molecule has 0 unspecified atom stereocenters. The summed E-state index contributed by atoms with van der Waals surface area (Å²) in [6, 6.07) is 20.6. The average Bonchev–Trinajstić information content (AvgIpc) is 3.16. The van der Waals surface area contributed by atoms with Crippen LogP contribution in [0.25, 0.3) is 22.6 Å². The maximum atomic E-state index is 12.6. The Morgan fingerprint density at radius 2 is 1.93 bits per heavy atom. The van der Waals surface area contributed by atoms with Gasteiger partial charge in [0.2, 0.25) is 5.89 Å². The number of amides is 1. The van der Waals surface area contributed by atoms with Crippen molar-refractivity contribution >= 4 is 22.7 Å². The maximum Gasteiger partial charge on any atom is 0.255 e. The van der Waals surface area contributed by atoms with Gasteiger partial charge in [-0.2, -0.15) is 0 Å². The van der Waals surface area contributed by atoms with Crippen LogP contribution in [-0.2, 0) is 0 Å². The van der Waals surface area contributed by atoms with Gasteiger partial charge in [0.1, 0.15) is 11.3 Å². The normalized spacial score (nSPS) is 10.8. The minimum atomic E-state index is -0.200. The molecule has 4 rings (SSSR count). The second-order valence-electron chi connectivity index (χ2n) is 6.85. The number of fused-ring (bicyclic) bond motifs is 1. The number of hydrogen-bond donors (Lipinski definition) is 1. The van der Waals surface area contributed by atoms with Gasteiger partial charge in [0.15, 0.2) is 5.58 Å². The number of ether oxygens (including phenoxy) is 1. The molecule has 0 spiro atoms. The van der Waals surface area contributed by atoms with E-state index in [1.54, 1.807) is 12.1 Å². The third kappa shape index (κ3) is 4.14. The number of carbonyl (C=O) groups excluding carboxylic acids is 1. The fraction of sp³-hybridized carbons (Fsp3) is 0.167. The summed E-state index contributed by atoms with van der Waals surface area (Å²) >= 11 is 0. The molecule has 0 radical (unpaired) electrons. The first kappa shape index (κ1) is 18.7. The van der Waals surface area contributed by atoms with Gasteiger partial charge in [0.25, 0.3) is 5.91 Å². The summed E-state index contributed by atoms with van der Waals surface area (Å²) in [5.74, 6) is 1.06. The van der Waals surface area contributed by atoms with E-state index in [2.05, 4.69) is 10.3 Å². The van der Waals surface area contributed by atoms with Crippen molar-refractivity contribution in [1.82, 2.24) is 4.98 Å². The topological polar surface area (TPSA) is 64.4 Å². The van der Waals surface area contributed by atoms with Crippen LogP contribution in [0.15, 0.2) is 71.1 Å². The number of aryl methyl sites for hydroxylation is 1. The lowest BCUT2D eigenvalue weighted by Gasteiger charge is -2.08. The van der Waals surface area contributed by atoms with Crippen LogP contribution in [0, 0.1) is 6.92 Å². The quantitative estimate of drug-likeness (QED) is 0.452. The highest BCUT2D eigenvalue weighted by molar-refractivity contribution is 6.05. The van der Waals surface area contributed by atoms with Gasteiger partial charge >= 0.3 is 0 Å². The first-order chi connectivity index (χ1) is 14.1. The van der Waals surface area contributed by atoms with E-state index in [0.29, 0.717) is 40.6 Å². The number of nitrogens with zero attached hydrogens (tertiary/aromatic N) is 1. The van der Waals surface area contributed by atoms with Gasteiger partial charge in [-0.05, 0) is 61.4 Å². The highest BCUT2D eigenvalue weighted by Crippen LogP contribution is 2.28. The number of carbonyl (C=O) groups is 1. The van der Waals surface area contributed by atoms with E-state index in [9.17, 15) is 4.79 Å². The molecule has 0 aliphatic carbocycles. The molecule has 0 fully saturated rings. The largest absolute Gasteiger partial charge is 0.494 e. The standard InChI is InChI=1S/C24H22N2O3/c1-3-13-28-19-9-6-8-17(14-19)23(27)25-18-11-12-22-21(15-18)26-24(29-22)20-10-5-4-7-16(20)2/h4-12,14-15H,3,13H2,1-2H3,(H,25,27). The zero-order valence-electron chi connectivity index (χ0n) is 16.4. The Kier molecular flexibility index (Phi) is 5.29. The molecule has 0 saturated heterocycles.